The maximum Gasteiger partial charge on any atom is 0.175 e. The molecule has 2 aromatic rings. The number of halogens is 3. The van der Waals surface area contributed by atoms with E-state index in [4.69, 9.17) is 23.2 Å². The summed E-state index contributed by atoms with van der Waals surface area (Å²) in [5, 5.41) is 1.78. The average molecular weight is 345 g/mol. The van der Waals surface area contributed by atoms with Gasteiger partial charge in [-0.05, 0) is 41.5 Å². The van der Waals surface area contributed by atoms with Crippen molar-refractivity contribution in [2.75, 3.05) is 0 Å². The Kier molecular flexibility index (Phi) is 5.04. The molecule has 0 unspecified atom stereocenters. The van der Waals surface area contributed by atoms with Gasteiger partial charge in [0.1, 0.15) is 5.82 Å². The van der Waals surface area contributed by atoms with Gasteiger partial charge in [0.05, 0.1) is 5.75 Å². The van der Waals surface area contributed by atoms with Crippen LogP contribution in [0.2, 0.25) is 10.0 Å². The Hall–Kier alpha value is -1.36. The zero-order valence-corrected chi connectivity index (χ0v) is 13.1. The largest absolute Gasteiger partial charge is 0.224 e. The first-order valence-electron chi connectivity index (χ1n) is 5.96. The summed E-state index contributed by atoms with van der Waals surface area (Å²) < 4.78 is 36.9. The van der Waals surface area contributed by atoms with Gasteiger partial charge in [0, 0.05) is 15.5 Å². The highest BCUT2D eigenvalue weighted by atomic mass is 35.5. The normalized spacial score (nSPS) is 12.0. The van der Waals surface area contributed by atoms with E-state index in [1.165, 1.54) is 18.2 Å². The molecule has 2 rings (SSSR count). The van der Waals surface area contributed by atoms with Crippen LogP contribution >= 0.6 is 23.2 Å². The van der Waals surface area contributed by atoms with Gasteiger partial charge in [0.2, 0.25) is 0 Å². The van der Waals surface area contributed by atoms with E-state index in [0.717, 1.165) is 11.5 Å². The Balaban J connectivity index is 2.16. The molecule has 0 aliphatic carbocycles. The summed E-state index contributed by atoms with van der Waals surface area (Å²) >= 11 is 11.6. The van der Waals surface area contributed by atoms with Crippen LogP contribution in [-0.4, -0.2) is 8.42 Å². The van der Waals surface area contributed by atoms with Crippen LogP contribution in [0.15, 0.2) is 47.9 Å². The van der Waals surface area contributed by atoms with Crippen molar-refractivity contribution in [3.05, 3.63) is 74.9 Å². The Labute approximate surface area is 132 Å². The van der Waals surface area contributed by atoms with E-state index < -0.39 is 15.7 Å². The zero-order valence-electron chi connectivity index (χ0n) is 10.8. The van der Waals surface area contributed by atoms with Crippen LogP contribution in [0, 0.1) is 5.82 Å². The number of benzene rings is 2. The van der Waals surface area contributed by atoms with Gasteiger partial charge >= 0.3 is 0 Å². The van der Waals surface area contributed by atoms with E-state index in [1.807, 2.05) is 0 Å². The van der Waals surface area contributed by atoms with Crippen LogP contribution in [0.1, 0.15) is 11.1 Å². The third-order valence-corrected chi connectivity index (χ3v) is 4.58. The van der Waals surface area contributed by atoms with Crippen molar-refractivity contribution in [3.63, 3.8) is 0 Å². The van der Waals surface area contributed by atoms with E-state index in [0.29, 0.717) is 16.1 Å². The first kappa shape index (κ1) is 16.0. The molecule has 110 valence electrons. The van der Waals surface area contributed by atoms with E-state index in [1.54, 1.807) is 24.3 Å². The molecule has 0 N–H and O–H groups in total. The zero-order chi connectivity index (χ0) is 15.5. The van der Waals surface area contributed by atoms with Crippen molar-refractivity contribution < 1.29 is 12.8 Å². The van der Waals surface area contributed by atoms with E-state index in [2.05, 4.69) is 0 Å². The summed E-state index contributed by atoms with van der Waals surface area (Å²) in [6, 6.07) is 10.4. The quantitative estimate of drug-likeness (QED) is 0.804. The standard InChI is InChI=1S/C15H11Cl2FO2S/c16-13-4-1-11(2-5-13)7-8-21(19,20)10-12-3-6-14(18)9-15(12)17/h1-9H,10H2/b8-7+. The fraction of sp³-hybridized carbons (Fsp3) is 0.0667. The number of hydrogen-bond acceptors (Lipinski definition) is 2. The summed E-state index contributed by atoms with van der Waals surface area (Å²) in [7, 11) is -3.50. The number of sulfone groups is 1. The van der Waals surface area contributed by atoms with Crippen molar-refractivity contribution >= 4 is 39.1 Å². The highest BCUT2D eigenvalue weighted by Gasteiger charge is 2.11. The molecule has 6 heteroatoms. The summed E-state index contributed by atoms with van der Waals surface area (Å²) in [6.45, 7) is 0. The van der Waals surface area contributed by atoms with Crippen LogP contribution < -0.4 is 0 Å². The second-order valence-electron chi connectivity index (χ2n) is 4.40. The lowest BCUT2D eigenvalue weighted by Crippen LogP contribution is -2.01. The molecule has 0 atom stereocenters. The molecule has 0 saturated carbocycles. The van der Waals surface area contributed by atoms with Gasteiger partial charge in [-0.1, -0.05) is 41.4 Å². The molecule has 0 heterocycles. The molecule has 0 aliphatic rings. The smallest absolute Gasteiger partial charge is 0.175 e. The summed E-state index contributed by atoms with van der Waals surface area (Å²) in [5.74, 6) is -0.784. The van der Waals surface area contributed by atoms with Gasteiger partial charge < -0.3 is 0 Å². The summed E-state index contributed by atoms with van der Waals surface area (Å²) in [6.07, 6.45) is 1.48. The minimum atomic E-state index is -3.50. The van der Waals surface area contributed by atoms with E-state index in [9.17, 15) is 12.8 Å². The van der Waals surface area contributed by atoms with Gasteiger partial charge in [-0.3, -0.25) is 0 Å². The van der Waals surface area contributed by atoms with E-state index >= 15 is 0 Å². The second-order valence-corrected chi connectivity index (χ2v) is 7.13. The van der Waals surface area contributed by atoms with Crippen molar-refractivity contribution in [3.8, 4) is 0 Å². The molecule has 0 bridgehead atoms. The van der Waals surface area contributed by atoms with Gasteiger partial charge in [0.15, 0.2) is 9.84 Å². The molecular weight excluding hydrogens is 334 g/mol. The lowest BCUT2D eigenvalue weighted by molar-refractivity contribution is 0.603. The Morgan fingerprint density at radius 1 is 1.05 bits per heavy atom. The minimum absolute atomic E-state index is 0.0958. The fourth-order valence-electron chi connectivity index (χ4n) is 1.66. The first-order chi connectivity index (χ1) is 9.85. The molecule has 2 nitrogen and oxygen atoms in total. The topological polar surface area (TPSA) is 34.1 Å². The van der Waals surface area contributed by atoms with Gasteiger partial charge in [-0.15, -0.1) is 0 Å². The number of rotatable bonds is 4. The first-order valence-corrected chi connectivity index (χ1v) is 8.43. The average Bonchev–Trinajstić information content (AvgIpc) is 2.41. The summed E-state index contributed by atoms with van der Waals surface area (Å²) in [5.41, 5.74) is 1.08. The van der Waals surface area contributed by atoms with Crippen LogP contribution in [0.3, 0.4) is 0 Å². The fourth-order valence-corrected chi connectivity index (χ4v) is 3.24. The molecule has 0 amide bonds. The lowest BCUT2D eigenvalue weighted by atomic mass is 10.2. The van der Waals surface area contributed by atoms with Gasteiger partial charge in [-0.2, -0.15) is 0 Å². The third kappa shape index (κ3) is 4.84. The third-order valence-electron chi connectivity index (χ3n) is 2.71. The highest BCUT2D eigenvalue weighted by molar-refractivity contribution is 7.93. The predicted molar refractivity (Wildman–Crippen MR) is 84.5 cm³/mol. The highest BCUT2D eigenvalue weighted by Crippen LogP contribution is 2.20. The number of hydrogen-bond donors (Lipinski definition) is 0. The van der Waals surface area contributed by atoms with Gasteiger partial charge in [-0.25, -0.2) is 12.8 Å². The van der Waals surface area contributed by atoms with Crippen LogP contribution in [-0.2, 0) is 15.6 Å². The van der Waals surface area contributed by atoms with E-state index in [-0.39, 0.29) is 10.8 Å². The molecule has 0 saturated heterocycles. The molecule has 21 heavy (non-hydrogen) atoms. The predicted octanol–water partition coefficient (Wildman–Crippen LogP) is 4.72. The lowest BCUT2D eigenvalue weighted by Gasteiger charge is -2.03. The van der Waals surface area contributed by atoms with Gasteiger partial charge in [0.25, 0.3) is 0 Å². The molecule has 0 spiro atoms. The van der Waals surface area contributed by atoms with Crippen molar-refractivity contribution in [2.24, 2.45) is 0 Å². The Bertz CT molecular complexity index is 769. The van der Waals surface area contributed by atoms with Crippen LogP contribution in [0.4, 0.5) is 4.39 Å². The molecule has 0 radical (unpaired) electrons. The Morgan fingerprint density at radius 3 is 2.33 bits per heavy atom. The van der Waals surface area contributed by atoms with Crippen LogP contribution in [0.5, 0.6) is 0 Å². The molecule has 2 aromatic carbocycles. The molecule has 0 fully saturated rings. The maximum atomic E-state index is 12.9. The maximum absolute atomic E-state index is 12.9. The molecular formula is C15H11Cl2FO2S. The second kappa shape index (κ2) is 6.60. The van der Waals surface area contributed by atoms with Crippen molar-refractivity contribution in [1.29, 1.82) is 0 Å². The molecule has 0 aliphatic heterocycles. The summed E-state index contributed by atoms with van der Waals surface area (Å²) in [4.78, 5) is 0. The SMILES string of the molecule is O=S(=O)(/C=C/c1ccc(Cl)cc1)Cc1ccc(F)cc1Cl. The van der Waals surface area contributed by atoms with Crippen molar-refractivity contribution in [2.45, 2.75) is 5.75 Å². The van der Waals surface area contributed by atoms with Crippen LogP contribution in [0.25, 0.3) is 6.08 Å². The monoisotopic (exact) mass is 344 g/mol. The Morgan fingerprint density at radius 2 is 1.71 bits per heavy atom. The molecule has 0 aromatic heterocycles. The van der Waals surface area contributed by atoms with Crippen molar-refractivity contribution in [1.82, 2.24) is 0 Å². The minimum Gasteiger partial charge on any atom is -0.224 e.